The molecule has 7 nitrogen and oxygen atoms in total. The third-order valence-electron chi connectivity index (χ3n) is 5.18. The standard InChI is InChI=1S/C22H31NO6/c1-16(24)19(23-20(25)18-11-7-5-8-12-18)13-9-4-6-10-17-14-28-22(2,29-15-17)21(26)27-3/h5,7-8,11-12,17,19H,4,6,9-10,13-15H2,1-3H3,(H,23,25). The summed E-state index contributed by atoms with van der Waals surface area (Å²) in [7, 11) is 1.31. The summed E-state index contributed by atoms with van der Waals surface area (Å²) in [4.78, 5) is 35.8. The van der Waals surface area contributed by atoms with Crippen molar-refractivity contribution < 1.29 is 28.6 Å². The molecule has 0 spiro atoms. The summed E-state index contributed by atoms with van der Waals surface area (Å²) >= 11 is 0. The molecule has 1 aromatic rings. The summed E-state index contributed by atoms with van der Waals surface area (Å²) in [6.45, 7) is 3.98. The van der Waals surface area contributed by atoms with Gasteiger partial charge in [0.1, 0.15) is 0 Å². The average Bonchev–Trinajstić information content (AvgIpc) is 2.73. The first-order valence-electron chi connectivity index (χ1n) is 10.1. The van der Waals surface area contributed by atoms with Crippen molar-refractivity contribution in [3.63, 3.8) is 0 Å². The highest BCUT2D eigenvalue weighted by Gasteiger charge is 2.41. The second-order valence-electron chi connectivity index (χ2n) is 7.57. The number of hydrogen-bond donors (Lipinski definition) is 1. The van der Waals surface area contributed by atoms with E-state index in [1.165, 1.54) is 14.0 Å². The van der Waals surface area contributed by atoms with Crippen LogP contribution in [0, 0.1) is 5.92 Å². The third kappa shape index (κ3) is 6.94. The number of esters is 1. The van der Waals surface area contributed by atoms with Crippen LogP contribution in [0.2, 0.25) is 0 Å². The van der Waals surface area contributed by atoms with Gasteiger partial charge in [-0.2, -0.15) is 0 Å². The van der Waals surface area contributed by atoms with Crippen LogP contribution in [0.1, 0.15) is 56.3 Å². The monoisotopic (exact) mass is 405 g/mol. The van der Waals surface area contributed by atoms with E-state index < -0.39 is 17.8 Å². The average molecular weight is 405 g/mol. The second-order valence-corrected chi connectivity index (χ2v) is 7.57. The van der Waals surface area contributed by atoms with E-state index in [4.69, 9.17) is 14.2 Å². The Morgan fingerprint density at radius 3 is 2.38 bits per heavy atom. The number of nitrogens with one attached hydrogen (secondary N) is 1. The van der Waals surface area contributed by atoms with Crippen LogP contribution in [0.15, 0.2) is 30.3 Å². The number of amides is 1. The van der Waals surface area contributed by atoms with Gasteiger partial charge in [0.25, 0.3) is 11.7 Å². The fraction of sp³-hybridized carbons (Fsp3) is 0.591. The quantitative estimate of drug-likeness (QED) is 0.475. The van der Waals surface area contributed by atoms with E-state index in [2.05, 4.69) is 5.32 Å². The molecule has 1 heterocycles. The Labute approximate surface area is 172 Å². The largest absolute Gasteiger partial charge is 0.465 e. The number of methoxy groups -OCH3 is 1. The van der Waals surface area contributed by atoms with Crippen LogP contribution < -0.4 is 5.32 Å². The van der Waals surface area contributed by atoms with Crippen LogP contribution in [0.5, 0.6) is 0 Å². The maximum absolute atomic E-state index is 12.3. The summed E-state index contributed by atoms with van der Waals surface area (Å²) in [6.07, 6.45) is 4.28. The Balaban J connectivity index is 1.66. The van der Waals surface area contributed by atoms with E-state index >= 15 is 0 Å². The lowest BCUT2D eigenvalue weighted by molar-refractivity contribution is -0.272. The van der Waals surface area contributed by atoms with Crippen molar-refractivity contribution >= 4 is 17.7 Å². The van der Waals surface area contributed by atoms with Crippen molar-refractivity contribution in [2.24, 2.45) is 5.92 Å². The van der Waals surface area contributed by atoms with Crippen LogP contribution in [0.3, 0.4) is 0 Å². The fourth-order valence-corrected chi connectivity index (χ4v) is 3.28. The van der Waals surface area contributed by atoms with Crippen molar-refractivity contribution in [3.05, 3.63) is 35.9 Å². The minimum atomic E-state index is -1.31. The molecule has 1 saturated heterocycles. The first kappa shape index (κ1) is 23.0. The van der Waals surface area contributed by atoms with Gasteiger partial charge in [-0.05, 0) is 31.9 Å². The molecular formula is C22H31NO6. The number of hydrogen-bond acceptors (Lipinski definition) is 6. The number of ketones is 1. The molecule has 29 heavy (non-hydrogen) atoms. The maximum atomic E-state index is 12.3. The predicted octanol–water partition coefficient (Wildman–Crippen LogP) is 2.88. The normalized spacial score (nSPS) is 22.5. The number of Topliss-reactive ketones (excluding diaryl/α,β-unsaturated/α-hetero) is 1. The maximum Gasteiger partial charge on any atom is 0.366 e. The molecule has 0 aliphatic carbocycles. The Morgan fingerprint density at radius 1 is 1.14 bits per heavy atom. The first-order valence-corrected chi connectivity index (χ1v) is 10.1. The summed E-state index contributed by atoms with van der Waals surface area (Å²) in [6, 6.07) is 8.42. The molecule has 7 heteroatoms. The molecule has 1 aliphatic heterocycles. The number of carbonyl (C=O) groups excluding carboxylic acids is 3. The number of unbranched alkanes of at least 4 members (excludes halogenated alkanes) is 2. The van der Waals surface area contributed by atoms with E-state index in [9.17, 15) is 14.4 Å². The van der Waals surface area contributed by atoms with Gasteiger partial charge >= 0.3 is 5.97 Å². The molecular weight excluding hydrogens is 374 g/mol. The van der Waals surface area contributed by atoms with Gasteiger partial charge in [0.2, 0.25) is 0 Å². The van der Waals surface area contributed by atoms with Gasteiger partial charge in [-0.1, -0.05) is 37.5 Å². The summed E-state index contributed by atoms with van der Waals surface area (Å²) in [5, 5.41) is 2.83. The molecule has 0 radical (unpaired) electrons. The Morgan fingerprint density at radius 2 is 1.79 bits per heavy atom. The van der Waals surface area contributed by atoms with Gasteiger partial charge in [0.05, 0.1) is 26.4 Å². The molecule has 0 aromatic heterocycles. The Hall–Kier alpha value is -2.25. The van der Waals surface area contributed by atoms with Crippen LogP contribution in [-0.4, -0.2) is 49.8 Å². The SMILES string of the molecule is COC(=O)C1(C)OCC(CCCCCC(NC(=O)c2ccccc2)C(C)=O)CO1. The molecule has 1 N–H and O–H groups in total. The fourth-order valence-electron chi connectivity index (χ4n) is 3.28. The van der Waals surface area contributed by atoms with Crippen molar-refractivity contribution in [1.82, 2.24) is 5.32 Å². The third-order valence-corrected chi connectivity index (χ3v) is 5.18. The van der Waals surface area contributed by atoms with Gasteiger partial charge in [0, 0.05) is 18.4 Å². The number of rotatable bonds is 10. The highest BCUT2D eigenvalue weighted by Crippen LogP contribution is 2.25. The van der Waals surface area contributed by atoms with Gasteiger partial charge in [-0.3, -0.25) is 9.59 Å². The number of ether oxygens (including phenoxy) is 3. The van der Waals surface area contributed by atoms with Gasteiger partial charge < -0.3 is 19.5 Å². The predicted molar refractivity (Wildman–Crippen MR) is 107 cm³/mol. The molecule has 2 rings (SSSR count). The van der Waals surface area contributed by atoms with Gasteiger partial charge in [0.15, 0.2) is 5.78 Å². The molecule has 0 saturated carbocycles. The first-order chi connectivity index (χ1) is 13.9. The van der Waals surface area contributed by atoms with Crippen molar-refractivity contribution in [2.45, 2.75) is 57.8 Å². The molecule has 1 unspecified atom stereocenters. The van der Waals surface area contributed by atoms with E-state index in [-0.39, 0.29) is 17.6 Å². The molecule has 1 aromatic carbocycles. The van der Waals surface area contributed by atoms with Crippen LogP contribution in [0.25, 0.3) is 0 Å². The zero-order valence-electron chi connectivity index (χ0n) is 17.4. The zero-order valence-corrected chi connectivity index (χ0v) is 17.4. The summed E-state index contributed by atoms with van der Waals surface area (Å²) in [5.74, 6) is -1.86. The van der Waals surface area contributed by atoms with E-state index in [0.29, 0.717) is 25.2 Å². The van der Waals surface area contributed by atoms with Crippen LogP contribution in [-0.2, 0) is 23.8 Å². The van der Waals surface area contributed by atoms with Crippen LogP contribution >= 0.6 is 0 Å². The Kier molecular flexibility index (Phi) is 8.79. The van der Waals surface area contributed by atoms with Crippen molar-refractivity contribution in [2.75, 3.05) is 20.3 Å². The number of carbonyl (C=O) groups is 3. The minimum absolute atomic E-state index is 0.0366. The van der Waals surface area contributed by atoms with Crippen molar-refractivity contribution in [1.29, 1.82) is 0 Å². The highest BCUT2D eigenvalue weighted by molar-refractivity contribution is 5.97. The molecule has 1 atom stereocenters. The van der Waals surface area contributed by atoms with Crippen LogP contribution in [0.4, 0.5) is 0 Å². The van der Waals surface area contributed by atoms with Crippen molar-refractivity contribution in [3.8, 4) is 0 Å². The summed E-state index contributed by atoms with van der Waals surface area (Å²) < 4.78 is 15.8. The number of benzene rings is 1. The topological polar surface area (TPSA) is 90.9 Å². The lowest BCUT2D eigenvalue weighted by Gasteiger charge is -2.35. The van der Waals surface area contributed by atoms with Gasteiger partial charge in [-0.25, -0.2) is 4.79 Å². The molecule has 1 aliphatic rings. The van der Waals surface area contributed by atoms with E-state index in [0.717, 1.165) is 25.7 Å². The minimum Gasteiger partial charge on any atom is -0.465 e. The van der Waals surface area contributed by atoms with E-state index in [1.54, 1.807) is 31.2 Å². The Bertz CT molecular complexity index is 682. The lowest BCUT2D eigenvalue weighted by Crippen LogP contribution is -2.48. The van der Waals surface area contributed by atoms with E-state index in [1.807, 2.05) is 6.07 Å². The molecule has 1 fully saturated rings. The smallest absolute Gasteiger partial charge is 0.366 e. The highest BCUT2D eigenvalue weighted by atomic mass is 16.7. The second kappa shape index (κ2) is 11.1. The lowest BCUT2D eigenvalue weighted by atomic mass is 9.99. The molecule has 1 amide bonds. The molecule has 160 valence electrons. The van der Waals surface area contributed by atoms with Gasteiger partial charge in [-0.15, -0.1) is 0 Å². The zero-order chi connectivity index (χ0) is 21.3. The molecule has 0 bridgehead atoms. The summed E-state index contributed by atoms with van der Waals surface area (Å²) in [5.41, 5.74) is 0.551.